The van der Waals surface area contributed by atoms with Crippen molar-refractivity contribution >= 4 is 11.6 Å². The number of anilines is 1. The molecule has 0 fully saturated rings. The molecule has 3 nitrogen and oxygen atoms in total. The second kappa shape index (κ2) is 8.15. The van der Waals surface area contributed by atoms with Crippen LogP contribution in [0.4, 0.5) is 5.69 Å². The molecule has 126 valence electrons. The Balaban J connectivity index is 1.75. The molecule has 3 rings (SSSR count). The van der Waals surface area contributed by atoms with Crippen molar-refractivity contribution in [2.45, 2.75) is 12.3 Å². The molecule has 0 aliphatic carbocycles. The summed E-state index contributed by atoms with van der Waals surface area (Å²) in [4.78, 5) is 12.6. The van der Waals surface area contributed by atoms with Gasteiger partial charge in [0.2, 0.25) is 5.91 Å². The van der Waals surface area contributed by atoms with E-state index in [1.165, 1.54) is 0 Å². The molecule has 0 spiro atoms. The number of amides is 1. The van der Waals surface area contributed by atoms with Crippen LogP contribution < -0.4 is 10.4 Å². The van der Waals surface area contributed by atoms with Gasteiger partial charge in [-0.2, -0.15) is 0 Å². The fourth-order valence-electron chi connectivity index (χ4n) is 2.93. The Labute approximate surface area is 148 Å². The Morgan fingerprint density at radius 1 is 0.800 bits per heavy atom. The van der Waals surface area contributed by atoms with Gasteiger partial charge in [-0.1, -0.05) is 78.9 Å². The lowest BCUT2D eigenvalue weighted by Crippen LogP contribution is -2.40. The summed E-state index contributed by atoms with van der Waals surface area (Å²) in [7, 11) is 1.85. The number of carbonyl (C=O) groups is 1. The van der Waals surface area contributed by atoms with E-state index >= 15 is 0 Å². The molecule has 0 saturated heterocycles. The van der Waals surface area contributed by atoms with Crippen molar-refractivity contribution < 1.29 is 4.79 Å². The Bertz CT molecular complexity index is 749. The molecular formula is C22H22N2O. The average molecular weight is 330 g/mol. The average Bonchev–Trinajstić information content (AvgIpc) is 2.68. The third-order valence-electron chi connectivity index (χ3n) is 4.23. The van der Waals surface area contributed by atoms with Crippen molar-refractivity contribution in [2.24, 2.45) is 0 Å². The normalized spacial score (nSPS) is 10.5. The molecule has 0 bridgehead atoms. The molecule has 3 aromatic carbocycles. The molecule has 25 heavy (non-hydrogen) atoms. The quantitative estimate of drug-likeness (QED) is 0.680. The molecule has 1 amide bonds. The molecule has 0 aromatic heterocycles. The second-order valence-corrected chi connectivity index (χ2v) is 6.01. The first-order chi connectivity index (χ1) is 12.2. The van der Waals surface area contributed by atoms with Gasteiger partial charge in [0, 0.05) is 19.4 Å². The van der Waals surface area contributed by atoms with Crippen LogP contribution in [0.1, 0.15) is 23.5 Å². The molecule has 0 unspecified atom stereocenters. The molecule has 0 atom stereocenters. The number of nitrogens with one attached hydrogen (secondary N) is 1. The molecule has 3 heteroatoms. The zero-order valence-electron chi connectivity index (χ0n) is 14.3. The number of rotatable bonds is 6. The number of hydrogen-bond donors (Lipinski definition) is 1. The minimum absolute atomic E-state index is 0.0101. The van der Waals surface area contributed by atoms with Gasteiger partial charge in [-0.25, -0.2) is 0 Å². The van der Waals surface area contributed by atoms with Crippen LogP contribution in [0.2, 0.25) is 0 Å². The van der Waals surface area contributed by atoms with Gasteiger partial charge in [0.05, 0.1) is 5.69 Å². The van der Waals surface area contributed by atoms with Gasteiger partial charge >= 0.3 is 0 Å². The molecule has 3 aromatic rings. The standard InChI is InChI=1S/C22H22N2O/c1-24(20-15-9-4-10-16-20)23-22(25)17-21(18-11-5-2-6-12-18)19-13-7-3-8-14-19/h2-16,21H,17H2,1H3,(H,23,25). The number of benzene rings is 3. The van der Waals surface area contributed by atoms with Crippen LogP contribution in [-0.4, -0.2) is 13.0 Å². The lowest BCUT2D eigenvalue weighted by molar-refractivity contribution is -0.121. The smallest absolute Gasteiger partial charge is 0.239 e. The lowest BCUT2D eigenvalue weighted by atomic mass is 9.88. The summed E-state index contributed by atoms with van der Waals surface area (Å²) in [6.45, 7) is 0. The summed E-state index contributed by atoms with van der Waals surface area (Å²) < 4.78 is 0. The highest BCUT2D eigenvalue weighted by Crippen LogP contribution is 2.27. The van der Waals surface area contributed by atoms with Crippen LogP contribution in [-0.2, 0) is 4.79 Å². The molecule has 1 N–H and O–H groups in total. The molecular weight excluding hydrogens is 308 g/mol. The predicted molar refractivity (Wildman–Crippen MR) is 102 cm³/mol. The highest BCUT2D eigenvalue weighted by atomic mass is 16.2. The predicted octanol–water partition coefficient (Wildman–Crippen LogP) is 4.38. The minimum Gasteiger partial charge on any atom is -0.289 e. The zero-order valence-corrected chi connectivity index (χ0v) is 14.3. The molecule has 0 aliphatic rings. The van der Waals surface area contributed by atoms with E-state index in [1.807, 2.05) is 73.8 Å². The van der Waals surface area contributed by atoms with E-state index in [1.54, 1.807) is 5.01 Å². The summed E-state index contributed by atoms with van der Waals surface area (Å²) in [5.41, 5.74) is 6.20. The van der Waals surface area contributed by atoms with E-state index in [9.17, 15) is 4.79 Å². The van der Waals surface area contributed by atoms with E-state index in [2.05, 4.69) is 29.7 Å². The second-order valence-electron chi connectivity index (χ2n) is 6.01. The van der Waals surface area contributed by atoms with E-state index in [0.717, 1.165) is 16.8 Å². The number of hydrazine groups is 1. The summed E-state index contributed by atoms with van der Waals surface area (Å²) in [5, 5.41) is 1.76. The van der Waals surface area contributed by atoms with Gasteiger partial charge in [-0.3, -0.25) is 15.2 Å². The number of para-hydroxylation sites is 1. The highest BCUT2D eigenvalue weighted by molar-refractivity contribution is 5.79. The Morgan fingerprint density at radius 2 is 1.24 bits per heavy atom. The van der Waals surface area contributed by atoms with Crippen molar-refractivity contribution in [1.82, 2.24) is 5.43 Å². The van der Waals surface area contributed by atoms with Gasteiger partial charge in [0.15, 0.2) is 0 Å². The van der Waals surface area contributed by atoms with Crippen molar-refractivity contribution in [3.05, 3.63) is 102 Å². The van der Waals surface area contributed by atoms with E-state index in [0.29, 0.717) is 6.42 Å². The highest BCUT2D eigenvalue weighted by Gasteiger charge is 2.18. The molecule has 0 saturated carbocycles. The summed E-state index contributed by atoms with van der Waals surface area (Å²) >= 11 is 0. The van der Waals surface area contributed by atoms with E-state index < -0.39 is 0 Å². The Kier molecular flexibility index (Phi) is 5.47. The topological polar surface area (TPSA) is 32.3 Å². The fourth-order valence-corrected chi connectivity index (χ4v) is 2.93. The van der Waals surface area contributed by atoms with Crippen molar-refractivity contribution in [3.8, 4) is 0 Å². The third-order valence-corrected chi connectivity index (χ3v) is 4.23. The summed E-state index contributed by atoms with van der Waals surface area (Å²) in [5.74, 6) is 0.0237. The van der Waals surface area contributed by atoms with Crippen molar-refractivity contribution in [3.63, 3.8) is 0 Å². The van der Waals surface area contributed by atoms with Crippen molar-refractivity contribution in [1.29, 1.82) is 0 Å². The van der Waals surface area contributed by atoms with Gasteiger partial charge in [-0.05, 0) is 23.3 Å². The monoisotopic (exact) mass is 330 g/mol. The first-order valence-corrected chi connectivity index (χ1v) is 8.42. The summed E-state index contributed by atoms with van der Waals surface area (Å²) in [6.07, 6.45) is 0.394. The van der Waals surface area contributed by atoms with Gasteiger partial charge < -0.3 is 0 Å². The molecule has 0 radical (unpaired) electrons. The first-order valence-electron chi connectivity index (χ1n) is 8.42. The van der Waals surface area contributed by atoms with Gasteiger partial charge in [0.1, 0.15) is 0 Å². The molecule has 0 heterocycles. The first kappa shape index (κ1) is 16.8. The van der Waals surface area contributed by atoms with Crippen LogP contribution in [0.3, 0.4) is 0 Å². The Hall–Kier alpha value is -3.07. The maximum atomic E-state index is 12.6. The van der Waals surface area contributed by atoms with Crippen LogP contribution in [0.5, 0.6) is 0 Å². The van der Waals surface area contributed by atoms with E-state index in [4.69, 9.17) is 0 Å². The van der Waals surface area contributed by atoms with Crippen LogP contribution in [0.25, 0.3) is 0 Å². The largest absolute Gasteiger partial charge is 0.289 e. The SMILES string of the molecule is CN(NC(=O)CC(c1ccccc1)c1ccccc1)c1ccccc1. The zero-order chi connectivity index (χ0) is 17.5. The lowest BCUT2D eigenvalue weighted by Gasteiger charge is -2.23. The number of carbonyl (C=O) groups excluding carboxylic acids is 1. The van der Waals surface area contributed by atoms with Crippen molar-refractivity contribution in [2.75, 3.05) is 12.1 Å². The molecule has 0 aliphatic heterocycles. The van der Waals surface area contributed by atoms with Crippen LogP contribution in [0, 0.1) is 0 Å². The van der Waals surface area contributed by atoms with E-state index in [-0.39, 0.29) is 11.8 Å². The number of nitrogens with zero attached hydrogens (tertiary/aromatic N) is 1. The van der Waals surface area contributed by atoms with Crippen LogP contribution in [0.15, 0.2) is 91.0 Å². The third kappa shape index (κ3) is 4.48. The van der Waals surface area contributed by atoms with Gasteiger partial charge in [0.25, 0.3) is 0 Å². The number of hydrogen-bond acceptors (Lipinski definition) is 2. The van der Waals surface area contributed by atoms with Gasteiger partial charge in [-0.15, -0.1) is 0 Å². The summed E-state index contributed by atoms with van der Waals surface area (Å²) in [6, 6.07) is 30.1. The maximum Gasteiger partial charge on any atom is 0.239 e. The van der Waals surface area contributed by atoms with Crippen LogP contribution >= 0.6 is 0 Å². The Morgan fingerprint density at radius 3 is 1.72 bits per heavy atom. The fraction of sp³-hybridized carbons (Fsp3) is 0.136. The maximum absolute atomic E-state index is 12.6. The minimum atomic E-state index is -0.0101.